The van der Waals surface area contributed by atoms with E-state index in [-0.39, 0.29) is 0 Å². The van der Waals surface area contributed by atoms with E-state index in [9.17, 15) is 4.79 Å². The van der Waals surface area contributed by atoms with Crippen LogP contribution in [0, 0.1) is 0 Å². The van der Waals surface area contributed by atoms with E-state index in [1.54, 1.807) is 6.92 Å². The molecular weight excluding hydrogens is 192 g/mol. The molecule has 15 heavy (non-hydrogen) atoms. The molecule has 0 saturated heterocycles. The zero-order valence-electron chi connectivity index (χ0n) is 9.47. The summed E-state index contributed by atoms with van der Waals surface area (Å²) in [6, 6.07) is 0. The van der Waals surface area contributed by atoms with E-state index < -0.39 is 6.16 Å². The average molecular weight is 210 g/mol. The predicted octanol–water partition coefficient (Wildman–Crippen LogP) is 3.91. The Bertz CT molecular complexity index is 289. The first-order valence-corrected chi connectivity index (χ1v) is 5.33. The van der Waals surface area contributed by atoms with Crippen LogP contribution in [0.15, 0.2) is 23.7 Å². The Morgan fingerprint density at radius 2 is 1.93 bits per heavy atom. The first kappa shape index (κ1) is 11.8. The minimum Gasteiger partial charge on any atom is -0.400 e. The lowest BCUT2D eigenvalue weighted by Crippen LogP contribution is -2.06. The van der Waals surface area contributed by atoms with E-state index in [0.29, 0.717) is 5.76 Å². The van der Waals surface area contributed by atoms with Crippen LogP contribution in [0.1, 0.15) is 46.0 Å². The lowest BCUT2D eigenvalue weighted by atomic mass is 10.1. The third kappa shape index (κ3) is 4.19. The van der Waals surface area contributed by atoms with E-state index in [4.69, 9.17) is 9.47 Å². The van der Waals surface area contributed by atoms with Gasteiger partial charge in [0.2, 0.25) is 0 Å². The van der Waals surface area contributed by atoms with Crippen molar-refractivity contribution in [2.45, 2.75) is 46.0 Å². The fourth-order valence-electron chi connectivity index (χ4n) is 1.61. The molecule has 1 rings (SSSR count). The molecule has 0 spiro atoms. The van der Waals surface area contributed by atoms with Gasteiger partial charge in [0.25, 0.3) is 0 Å². The smallest absolute Gasteiger partial charge is 0.400 e. The Hall–Kier alpha value is -1.25. The number of ether oxygens (including phenoxy) is 2. The molecule has 0 radical (unpaired) electrons. The average Bonchev–Trinajstić information content (AvgIpc) is 2.30. The van der Waals surface area contributed by atoms with Crippen molar-refractivity contribution >= 4 is 6.16 Å². The van der Waals surface area contributed by atoms with Gasteiger partial charge >= 0.3 is 6.16 Å². The summed E-state index contributed by atoms with van der Waals surface area (Å²) in [5.41, 5.74) is 1.16. The molecule has 0 fully saturated rings. The van der Waals surface area contributed by atoms with Crippen molar-refractivity contribution in [1.82, 2.24) is 0 Å². The molecule has 0 aromatic rings. The minimum absolute atomic E-state index is 0.354. The number of rotatable bonds is 2. The molecule has 0 bridgehead atoms. The molecule has 3 nitrogen and oxygen atoms in total. The number of carbonyl (C=O) groups excluding carboxylic acids is 1. The second-order valence-electron chi connectivity index (χ2n) is 3.92. The van der Waals surface area contributed by atoms with Crippen LogP contribution in [0.2, 0.25) is 0 Å². The first-order valence-electron chi connectivity index (χ1n) is 5.33. The topological polar surface area (TPSA) is 35.5 Å². The summed E-state index contributed by atoms with van der Waals surface area (Å²) in [5, 5.41) is 0. The van der Waals surface area contributed by atoms with Crippen molar-refractivity contribution < 1.29 is 14.3 Å². The number of hydrogen-bond donors (Lipinski definition) is 0. The van der Waals surface area contributed by atoms with Crippen LogP contribution in [-0.2, 0) is 9.47 Å². The Labute approximate surface area is 90.8 Å². The Kier molecular flexibility index (Phi) is 4.40. The highest BCUT2D eigenvalue weighted by atomic mass is 16.7. The van der Waals surface area contributed by atoms with Crippen LogP contribution in [0.3, 0.4) is 0 Å². The van der Waals surface area contributed by atoms with Gasteiger partial charge < -0.3 is 9.47 Å². The summed E-state index contributed by atoms with van der Waals surface area (Å²) in [6.07, 6.45) is 4.62. The van der Waals surface area contributed by atoms with E-state index in [1.807, 2.05) is 6.92 Å². The maximum Gasteiger partial charge on any atom is 0.518 e. The second kappa shape index (κ2) is 5.59. The van der Waals surface area contributed by atoms with Gasteiger partial charge in [-0.15, -0.1) is 0 Å². The molecule has 1 aliphatic carbocycles. The quantitative estimate of drug-likeness (QED) is 0.512. The van der Waals surface area contributed by atoms with Crippen LogP contribution >= 0.6 is 0 Å². The molecule has 0 heterocycles. The van der Waals surface area contributed by atoms with Crippen LogP contribution in [0.4, 0.5) is 4.79 Å². The van der Waals surface area contributed by atoms with Crippen molar-refractivity contribution in [2.24, 2.45) is 0 Å². The number of hydrogen-bond acceptors (Lipinski definition) is 3. The maximum atomic E-state index is 11.2. The van der Waals surface area contributed by atoms with Gasteiger partial charge in [0.1, 0.15) is 11.5 Å². The fourth-order valence-corrected chi connectivity index (χ4v) is 1.61. The number of allylic oxidation sites excluding steroid dienone is 3. The molecule has 0 aromatic heterocycles. The fraction of sp³-hybridized carbons (Fsp3) is 0.583. The van der Waals surface area contributed by atoms with Crippen LogP contribution < -0.4 is 0 Å². The number of carbonyl (C=O) groups is 1. The molecule has 0 N–H and O–H groups in total. The monoisotopic (exact) mass is 210 g/mol. The summed E-state index contributed by atoms with van der Waals surface area (Å²) < 4.78 is 9.90. The van der Waals surface area contributed by atoms with Crippen LogP contribution in [0.5, 0.6) is 0 Å². The summed E-state index contributed by atoms with van der Waals surface area (Å²) in [7, 11) is 0. The van der Waals surface area contributed by atoms with Gasteiger partial charge in [-0.1, -0.05) is 13.0 Å². The van der Waals surface area contributed by atoms with Gasteiger partial charge in [0.05, 0.1) is 0 Å². The Balaban J connectivity index is 2.54. The highest BCUT2D eigenvalue weighted by molar-refractivity contribution is 5.62. The Morgan fingerprint density at radius 3 is 2.60 bits per heavy atom. The second-order valence-corrected chi connectivity index (χ2v) is 3.92. The van der Waals surface area contributed by atoms with E-state index in [1.165, 1.54) is 12.8 Å². The predicted molar refractivity (Wildman–Crippen MR) is 58.2 cm³/mol. The van der Waals surface area contributed by atoms with Gasteiger partial charge in [-0.25, -0.2) is 4.79 Å². The summed E-state index contributed by atoms with van der Waals surface area (Å²) >= 11 is 0. The lowest BCUT2D eigenvalue weighted by molar-refractivity contribution is 0.0992. The SMILES string of the molecule is C=C(C)OC(=O)OC1=C(C)CCCCC1. The minimum atomic E-state index is -0.668. The lowest BCUT2D eigenvalue weighted by Gasteiger charge is -2.09. The van der Waals surface area contributed by atoms with E-state index in [2.05, 4.69) is 6.58 Å². The zero-order chi connectivity index (χ0) is 11.3. The molecule has 0 saturated carbocycles. The van der Waals surface area contributed by atoms with Gasteiger partial charge in [0.15, 0.2) is 0 Å². The van der Waals surface area contributed by atoms with E-state index >= 15 is 0 Å². The molecule has 0 aromatic carbocycles. The molecule has 1 aliphatic rings. The molecule has 0 unspecified atom stereocenters. The van der Waals surface area contributed by atoms with Crippen molar-refractivity contribution in [3.05, 3.63) is 23.7 Å². The normalized spacial score (nSPS) is 16.9. The van der Waals surface area contributed by atoms with Crippen molar-refractivity contribution in [1.29, 1.82) is 0 Å². The highest BCUT2D eigenvalue weighted by Gasteiger charge is 2.14. The third-order valence-corrected chi connectivity index (χ3v) is 2.40. The van der Waals surface area contributed by atoms with Crippen molar-refractivity contribution in [2.75, 3.05) is 0 Å². The van der Waals surface area contributed by atoms with Crippen LogP contribution in [-0.4, -0.2) is 6.16 Å². The Morgan fingerprint density at radius 1 is 1.27 bits per heavy atom. The zero-order valence-corrected chi connectivity index (χ0v) is 9.47. The van der Waals surface area contributed by atoms with Gasteiger partial charge in [-0.05, 0) is 38.7 Å². The molecule has 3 heteroatoms. The standard InChI is InChI=1S/C12H18O3/c1-9(2)14-12(13)15-11-8-6-4-5-7-10(11)3/h1,4-8H2,2-3H3. The molecule has 84 valence electrons. The first-order chi connectivity index (χ1) is 7.09. The van der Waals surface area contributed by atoms with Gasteiger partial charge in [0, 0.05) is 6.42 Å². The molecule has 0 amide bonds. The van der Waals surface area contributed by atoms with Gasteiger partial charge in [-0.2, -0.15) is 0 Å². The molecular formula is C12H18O3. The summed E-state index contributed by atoms with van der Waals surface area (Å²) in [5.74, 6) is 1.13. The van der Waals surface area contributed by atoms with Gasteiger partial charge in [-0.3, -0.25) is 0 Å². The van der Waals surface area contributed by atoms with Crippen molar-refractivity contribution in [3.63, 3.8) is 0 Å². The maximum absolute atomic E-state index is 11.2. The van der Waals surface area contributed by atoms with Crippen molar-refractivity contribution in [3.8, 4) is 0 Å². The largest absolute Gasteiger partial charge is 0.518 e. The molecule has 0 aliphatic heterocycles. The molecule has 0 atom stereocenters. The third-order valence-electron chi connectivity index (χ3n) is 2.40. The highest BCUT2D eigenvalue weighted by Crippen LogP contribution is 2.24. The van der Waals surface area contributed by atoms with Crippen LogP contribution in [0.25, 0.3) is 0 Å². The summed E-state index contributed by atoms with van der Waals surface area (Å²) in [6.45, 7) is 7.12. The summed E-state index contributed by atoms with van der Waals surface area (Å²) in [4.78, 5) is 11.2. The van der Waals surface area contributed by atoms with E-state index in [0.717, 1.165) is 30.6 Å².